The lowest BCUT2D eigenvalue weighted by Crippen LogP contribution is -2.63. The molecular formula is C68H90ClN9O17. The van der Waals surface area contributed by atoms with Crippen molar-refractivity contribution in [3.63, 3.8) is 0 Å². The number of allylic oxidation sites excluding steroid dienone is 3. The summed E-state index contributed by atoms with van der Waals surface area (Å²) in [5.74, 6) is -2.94. The molecule has 516 valence electrons. The van der Waals surface area contributed by atoms with Crippen LogP contribution in [0.15, 0.2) is 84.5 Å². The number of para-hydroxylation sites is 1. The highest BCUT2D eigenvalue weighted by molar-refractivity contribution is 6.34. The number of fused-ring (bicyclic) bond motifs is 10. The Balaban J connectivity index is 0.696. The van der Waals surface area contributed by atoms with Crippen LogP contribution in [0.25, 0.3) is 22.5 Å². The number of nitrogens with zero attached hydrogens (tertiary/aromatic N) is 7. The zero-order chi connectivity index (χ0) is 68.6. The van der Waals surface area contributed by atoms with Crippen LogP contribution >= 0.6 is 11.6 Å². The summed E-state index contributed by atoms with van der Waals surface area (Å²) in [6, 6.07) is 17.9. The predicted molar refractivity (Wildman–Crippen MR) is 350 cm³/mol. The summed E-state index contributed by atoms with van der Waals surface area (Å²) in [4.78, 5) is 100. The molecule has 5 heterocycles. The van der Waals surface area contributed by atoms with E-state index in [4.69, 9.17) is 49.5 Å². The van der Waals surface area contributed by atoms with Crippen LogP contribution in [0.3, 0.4) is 0 Å². The molecule has 26 nitrogen and oxygen atoms in total. The summed E-state index contributed by atoms with van der Waals surface area (Å²) in [5, 5.41) is 36.4. The van der Waals surface area contributed by atoms with Gasteiger partial charge in [-0.1, -0.05) is 96.1 Å². The molecule has 0 radical (unpaired) electrons. The van der Waals surface area contributed by atoms with E-state index in [0.29, 0.717) is 62.9 Å². The number of aryl methyl sites for hydroxylation is 1. The zero-order valence-corrected chi connectivity index (χ0v) is 56.4. The van der Waals surface area contributed by atoms with Crippen LogP contribution in [0.4, 0.5) is 16.2 Å². The number of likely N-dealkylation sites (N-methyl/N-ethyl adjacent to an activating group) is 2. The van der Waals surface area contributed by atoms with Gasteiger partial charge in [0, 0.05) is 97.5 Å². The molecule has 4 bridgehead atoms. The Morgan fingerprint density at radius 2 is 1.55 bits per heavy atom. The minimum Gasteiger partial charge on any atom is -0.457 e. The summed E-state index contributed by atoms with van der Waals surface area (Å²) in [5.41, 5.74) is 4.12. The van der Waals surface area contributed by atoms with E-state index in [2.05, 4.69) is 20.9 Å². The summed E-state index contributed by atoms with van der Waals surface area (Å²) in [6.45, 7) is 9.49. The number of carbonyl (C=O) groups excluding carboxylic acids is 7. The third-order valence-corrected chi connectivity index (χ3v) is 18.2. The second-order valence-corrected chi connectivity index (χ2v) is 24.9. The van der Waals surface area contributed by atoms with Gasteiger partial charge in [-0.2, -0.15) is 0 Å². The first-order valence-electron chi connectivity index (χ1n) is 32.1. The summed E-state index contributed by atoms with van der Waals surface area (Å²) in [6.07, 6.45) is 0.668. The Morgan fingerprint density at radius 1 is 0.884 bits per heavy atom. The van der Waals surface area contributed by atoms with Crippen LogP contribution in [0.5, 0.6) is 0 Å². The molecule has 1 aromatic heterocycles. The van der Waals surface area contributed by atoms with Crippen LogP contribution in [0.1, 0.15) is 89.3 Å². The number of anilines is 2. The molecule has 0 unspecified atom stereocenters. The van der Waals surface area contributed by atoms with Gasteiger partial charge in [-0.3, -0.25) is 29.3 Å². The molecule has 0 spiro atoms. The molecule has 8 rings (SSSR count). The van der Waals surface area contributed by atoms with Gasteiger partial charge < -0.3 is 73.0 Å². The van der Waals surface area contributed by atoms with Crippen molar-refractivity contribution in [2.24, 2.45) is 13.0 Å². The topological polar surface area (TPSA) is 305 Å². The van der Waals surface area contributed by atoms with E-state index in [1.165, 1.54) is 42.8 Å². The van der Waals surface area contributed by atoms with Gasteiger partial charge in [0.05, 0.1) is 101 Å². The average Bonchev–Trinajstić information content (AvgIpc) is 1.59. The van der Waals surface area contributed by atoms with Gasteiger partial charge in [-0.05, 0) is 62.4 Å². The van der Waals surface area contributed by atoms with Crippen molar-refractivity contribution in [2.45, 2.75) is 134 Å². The number of hydrogen-bond acceptors (Lipinski definition) is 19. The molecule has 95 heavy (non-hydrogen) atoms. The number of methoxy groups -OCH3 is 1. The number of hydrogen-bond donors (Lipinski definition) is 4. The van der Waals surface area contributed by atoms with Gasteiger partial charge >= 0.3 is 12.1 Å². The van der Waals surface area contributed by atoms with E-state index in [0.717, 1.165) is 39.2 Å². The molecule has 8 atom stereocenters. The molecule has 6 amide bonds. The highest BCUT2D eigenvalue weighted by atomic mass is 35.5. The molecule has 4 aromatic rings. The van der Waals surface area contributed by atoms with Gasteiger partial charge in [0.1, 0.15) is 35.6 Å². The van der Waals surface area contributed by atoms with Crippen molar-refractivity contribution in [1.82, 2.24) is 35.4 Å². The van der Waals surface area contributed by atoms with Crippen molar-refractivity contribution >= 4 is 64.6 Å². The lowest BCUT2D eigenvalue weighted by Gasteiger charge is -2.42. The van der Waals surface area contributed by atoms with Gasteiger partial charge in [0.15, 0.2) is 5.72 Å². The predicted octanol–water partition coefficient (Wildman–Crippen LogP) is 5.60. The Bertz CT molecular complexity index is 3440. The Hall–Kier alpha value is -7.66. The molecule has 4 N–H and O–H groups in total. The van der Waals surface area contributed by atoms with E-state index in [1.54, 1.807) is 54.8 Å². The maximum Gasteiger partial charge on any atom is 0.409 e. The fraction of sp³-hybridized carbons (Fsp3) is 0.544. The lowest BCUT2D eigenvalue weighted by molar-refractivity contribution is -0.162. The first-order chi connectivity index (χ1) is 45.5. The van der Waals surface area contributed by atoms with Crippen LogP contribution in [0.2, 0.25) is 5.02 Å². The molecule has 0 aliphatic carbocycles. The number of halogens is 1. The van der Waals surface area contributed by atoms with Crippen molar-refractivity contribution < 1.29 is 81.7 Å². The quantitative estimate of drug-likeness (QED) is 0.0321. The Morgan fingerprint density at radius 3 is 2.25 bits per heavy atom. The zero-order valence-electron chi connectivity index (χ0n) is 55.6. The van der Waals surface area contributed by atoms with Crippen LogP contribution in [0, 0.1) is 5.92 Å². The number of nitrogens with one attached hydrogen (secondary N) is 2. The van der Waals surface area contributed by atoms with Crippen molar-refractivity contribution in [3.05, 3.63) is 106 Å². The van der Waals surface area contributed by atoms with Crippen molar-refractivity contribution in [3.8, 4) is 22.5 Å². The monoisotopic (exact) mass is 1340 g/mol. The number of amides is 6. The second-order valence-electron chi connectivity index (χ2n) is 24.6. The summed E-state index contributed by atoms with van der Waals surface area (Å²) in [7, 11) is 7.88. The minimum absolute atomic E-state index is 0.0523. The number of aliphatic hydroxyl groups is 2. The third-order valence-electron chi connectivity index (χ3n) is 17.8. The van der Waals surface area contributed by atoms with Gasteiger partial charge in [0.25, 0.3) is 0 Å². The number of rotatable bonds is 27. The summed E-state index contributed by atoms with van der Waals surface area (Å²) < 4.78 is 48.0. The van der Waals surface area contributed by atoms with Crippen LogP contribution in [-0.4, -0.2) is 213 Å². The average molecular weight is 1340 g/mol. The van der Waals surface area contributed by atoms with Crippen molar-refractivity contribution in [1.29, 1.82) is 0 Å². The second kappa shape index (κ2) is 33.8. The fourth-order valence-electron chi connectivity index (χ4n) is 11.9. The largest absolute Gasteiger partial charge is 0.457 e. The van der Waals surface area contributed by atoms with E-state index in [-0.39, 0.29) is 94.2 Å². The molecule has 0 saturated carbocycles. The number of epoxide rings is 1. The third kappa shape index (κ3) is 18.7. The SMILES string of the molecule is CO[C@@H]1/C=C/C=C(/C)Cc2cc(CO)c(Cl)c(c2)N(C)C(=O)C[C@H](OC(=O)[C@H](C)N(C)C(=O)CCCC(=O)N(C)CCOCCOCCOCCOCCC(=O)NCCC(=O)N2Cc3ccccc3-c3c(nnn3C)-c3ccccc32)[C@]2(C)O[C@H]2[C@H](C)[C@@H]2C[C@@]1(O)NC(=O)O2. The summed E-state index contributed by atoms with van der Waals surface area (Å²) >= 11 is 6.80. The first kappa shape index (κ1) is 73.2. The lowest BCUT2D eigenvalue weighted by atomic mass is 9.83. The van der Waals surface area contributed by atoms with E-state index in [9.17, 15) is 43.8 Å². The maximum absolute atomic E-state index is 14.4. The number of esters is 1. The van der Waals surface area contributed by atoms with Crippen LogP contribution in [-0.2, 0) is 93.3 Å². The Labute approximate surface area is 559 Å². The number of aliphatic hydroxyl groups excluding tert-OH is 1. The van der Waals surface area contributed by atoms with Gasteiger partial charge in [-0.25, -0.2) is 14.3 Å². The van der Waals surface area contributed by atoms with E-state index < -0.39 is 84.6 Å². The molecule has 27 heteroatoms. The number of aromatic nitrogens is 3. The number of carbonyl (C=O) groups is 7. The first-order valence-corrected chi connectivity index (χ1v) is 32.5. The Kier molecular flexibility index (Phi) is 26.0. The van der Waals surface area contributed by atoms with E-state index >= 15 is 0 Å². The minimum atomic E-state index is -1.89. The number of ether oxygens (including phenoxy) is 8. The van der Waals surface area contributed by atoms with Gasteiger partial charge in [0.2, 0.25) is 29.5 Å². The van der Waals surface area contributed by atoms with Crippen molar-refractivity contribution in [2.75, 3.05) is 104 Å². The fourth-order valence-corrected chi connectivity index (χ4v) is 12.2. The molecule has 3 aromatic carbocycles. The van der Waals surface area contributed by atoms with Crippen LogP contribution < -0.4 is 20.4 Å². The normalized spacial score (nSPS) is 22.9. The maximum atomic E-state index is 14.4. The molecule has 4 aliphatic rings. The highest BCUT2D eigenvalue weighted by Crippen LogP contribution is 2.49. The molecule has 2 fully saturated rings. The number of benzene rings is 3. The molecular weight excluding hydrogens is 1250 g/mol. The number of alkyl carbamates (subject to hydrolysis) is 1. The standard InChI is InChI=1S/C68H90ClN9O17/c1-43-16-14-21-54(88-9)68(87)40-53(93-66(86)71-68)44(2)64-67(4,95-64)55(39-60(84)76(7)52-38-46(36-43)37-48(42-79)61(52)69)94-65(85)45(3)75(6)58(82)23-15-22-57(81)74(5)27-29-90-31-33-92-35-34-91-32-30-89-28-25-56(80)70-26-24-59(83)78-41-47-17-10-11-18-49(47)63-62(72-73-77(63)8)50-19-12-13-20-51(50)78/h10-14,16-21,37-38,44-45,53-55,64,79,87H,15,22-36,39-42H2,1-9H3,(H,70,80)(H,71,86)/b21-14+,43-16-/t44-,45+,53+,54-,55+,64+,67+,68+/m1/s1. The van der Waals surface area contributed by atoms with E-state index in [1.807, 2.05) is 68.6 Å². The smallest absolute Gasteiger partial charge is 0.409 e. The highest BCUT2D eigenvalue weighted by Gasteiger charge is 2.64. The molecule has 4 aliphatic heterocycles. The van der Waals surface area contributed by atoms with Gasteiger partial charge in [-0.15, -0.1) is 5.10 Å². The molecule has 2 saturated heterocycles.